The molecule has 0 heterocycles. The van der Waals surface area contributed by atoms with Crippen LogP contribution < -0.4 is 5.32 Å². The van der Waals surface area contributed by atoms with E-state index in [9.17, 15) is 4.79 Å². The van der Waals surface area contributed by atoms with Crippen LogP contribution in [-0.2, 0) is 9.53 Å². The summed E-state index contributed by atoms with van der Waals surface area (Å²) in [5.41, 5.74) is -0.379. The summed E-state index contributed by atoms with van der Waals surface area (Å²) in [6.45, 7) is 11.3. The Bertz CT molecular complexity index is 173. The Labute approximate surface area is 87.2 Å². The molecule has 1 unspecified atom stereocenters. The summed E-state index contributed by atoms with van der Waals surface area (Å²) in [6, 6.07) is 0. The van der Waals surface area contributed by atoms with Crippen molar-refractivity contribution in [2.45, 2.75) is 46.6 Å². The lowest BCUT2D eigenvalue weighted by Gasteiger charge is -2.22. The van der Waals surface area contributed by atoms with E-state index in [4.69, 9.17) is 4.74 Å². The monoisotopic (exact) mass is 201 g/mol. The van der Waals surface area contributed by atoms with Crippen molar-refractivity contribution < 1.29 is 9.53 Å². The normalized spacial score (nSPS) is 13.8. The van der Waals surface area contributed by atoms with Crippen LogP contribution in [0.5, 0.6) is 0 Å². The maximum atomic E-state index is 11.5. The topological polar surface area (TPSA) is 38.3 Å². The third-order valence-electron chi connectivity index (χ3n) is 1.69. The molecule has 0 aliphatic carbocycles. The van der Waals surface area contributed by atoms with Crippen molar-refractivity contribution >= 4 is 5.97 Å². The highest BCUT2D eigenvalue weighted by molar-refractivity contribution is 5.72. The van der Waals surface area contributed by atoms with Crippen LogP contribution in [0.25, 0.3) is 0 Å². The standard InChI is InChI=1S/C11H23NO2/c1-6-7-12-8-9(2)10(13)14-11(3,4)5/h9,12H,6-8H2,1-5H3. The molecule has 0 amide bonds. The molecule has 3 heteroatoms. The molecule has 0 aromatic heterocycles. The number of carbonyl (C=O) groups is 1. The van der Waals surface area contributed by atoms with E-state index < -0.39 is 0 Å². The molecular formula is C11H23NO2. The summed E-state index contributed by atoms with van der Waals surface area (Å²) in [5, 5.41) is 3.20. The molecule has 0 saturated carbocycles. The van der Waals surface area contributed by atoms with Gasteiger partial charge in [-0.15, -0.1) is 0 Å². The molecule has 14 heavy (non-hydrogen) atoms. The van der Waals surface area contributed by atoms with Gasteiger partial charge in [0.25, 0.3) is 0 Å². The van der Waals surface area contributed by atoms with Crippen LogP contribution in [-0.4, -0.2) is 24.7 Å². The Balaban J connectivity index is 3.77. The minimum absolute atomic E-state index is 0.0687. The zero-order valence-corrected chi connectivity index (χ0v) is 10.0. The van der Waals surface area contributed by atoms with Crippen molar-refractivity contribution in [3.8, 4) is 0 Å². The lowest BCUT2D eigenvalue weighted by atomic mass is 10.1. The van der Waals surface area contributed by atoms with Crippen LogP contribution in [0.4, 0.5) is 0 Å². The molecule has 0 aliphatic heterocycles. The number of esters is 1. The fourth-order valence-electron chi connectivity index (χ4n) is 0.981. The van der Waals surface area contributed by atoms with E-state index in [-0.39, 0.29) is 17.5 Å². The van der Waals surface area contributed by atoms with Gasteiger partial charge in [0.15, 0.2) is 0 Å². The van der Waals surface area contributed by atoms with Crippen molar-refractivity contribution in [2.24, 2.45) is 5.92 Å². The Morgan fingerprint density at radius 1 is 1.43 bits per heavy atom. The molecule has 1 atom stereocenters. The summed E-state index contributed by atoms with van der Waals surface area (Å²) >= 11 is 0. The molecule has 84 valence electrons. The van der Waals surface area contributed by atoms with Crippen LogP contribution in [0.3, 0.4) is 0 Å². The predicted octanol–water partition coefficient (Wildman–Crippen LogP) is 1.96. The highest BCUT2D eigenvalue weighted by Crippen LogP contribution is 2.10. The van der Waals surface area contributed by atoms with Crippen molar-refractivity contribution in [1.29, 1.82) is 0 Å². The van der Waals surface area contributed by atoms with Crippen LogP contribution in [0.2, 0.25) is 0 Å². The van der Waals surface area contributed by atoms with Crippen molar-refractivity contribution in [2.75, 3.05) is 13.1 Å². The molecule has 0 fully saturated rings. The zero-order chi connectivity index (χ0) is 11.2. The second-order valence-electron chi connectivity index (χ2n) is 4.64. The van der Waals surface area contributed by atoms with Gasteiger partial charge in [-0.2, -0.15) is 0 Å². The predicted molar refractivity (Wildman–Crippen MR) is 58.2 cm³/mol. The van der Waals surface area contributed by atoms with Gasteiger partial charge in [0, 0.05) is 6.54 Å². The highest BCUT2D eigenvalue weighted by Gasteiger charge is 2.20. The first kappa shape index (κ1) is 13.4. The fourth-order valence-corrected chi connectivity index (χ4v) is 0.981. The van der Waals surface area contributed by atoms with Gasteiger partial charge >= 0.3 is 5.97 Å². The SMILES string of the molecule is CCCNCC(C)C(=O)OC(C)(C)C. The Morgan fingerprint density at radius 2 is 2.00 bits per heavy atom. The third kappa shape index (κ3) is 6.89. The largest absolute Gasteiger partial charge is 0.460 e. The minimum atomic E-state index is -0.379. The van der Waals surface area contributed by atoms with Gasteiger partial charge in [-0.1, -0.05) is 13.8 Å². The molecule has 0 spiro atoms. The van der Waals surface area contributed by atoms with Gasteiger partial charge in [0.1, 0.15) is 5.60 Å². The van der Waals surface area contributed by atoms with Crippen LogP contribution >= 0.6 is 0 Å². The molecule has 0 saturated heterocycles. The van der Waals surface area contributed by atoms with Gasteiger partial charge < -0.3 is 10.1 Å². The van der Waals surface area contributed by atoms with E-state index in [0.717, 1.165) is 13.0 Å². The zero-order valence-electron chi connectivity index (χ0n) is 10.0. The Kier molecular flexibility index (Phi) is 5.77. The van der Waals surface area contributed by atoms with Crippen LogP contribution in [0.1, 0.15) is 41.0 Å². The van der Waals surface area contributed by atoms with Crippen molar-refractivity contribution in [3.63, 3.8) is 0 Å². The van der Waals surface area contributed by atoms with Crippen molar-refractivity contribution in [3.05, 3.63) is 0 Å². The van der Waals surface area contributed by atoms with E-state index in [1.165, 1.54) is 0 Å². The summed E-state index contributed by atoms with van der Waals surface area (Å²) in [7, 11) is 0. The number of rotatable bonds is 5. The molecular weight excluding hydrogens is 178 g/mol. The molecule has 0 aromatic rings. The Morgan fingerprint density at radius 3 is 2.43 bits per heavy atom. The Hall–Kier alpha value is -0.570. The first-order valence-electron chi connectivity index (χ1n) is 5.30. The third-order valence-corrected chi connectivity index (χ3v) is 1.69. The van der Waals surface area contributed by atoms with Gasteiger partial charge in [-0.3, -0.25) is 4.79 Å². The van der Waals surface area contributed by atoms with Gasteiger partial charge in [0.05, 0.1) is 5.92 Å². The summed E-state index contributed by atoms with van der Waals surface area (Å²) < 4.78 is 5.25. The summed E-state index contributed by atoms with van der Waals surface area (Å²) in [4.78, 5) is 11.5. The molecule has 0 aliphatic rings. The maximum Gasteiger partial charge on any atom is 0.310 e. The maximum absolute atomic E-state index is 11.5. The van der Waals surface area contributed by atoms with Crippen LogP contribution in [0.15, 0.2) is 0 Å². The van der Waals surface area contributed by atoms with Crippen molar-refractivity contribution in [1.82, 2.24) is 5.32 Å². The average molecular weight is 201 g/mol. The number of ether oxygens (including phenoxy) is 1. The lowest BCUT2D eigenvalue weighted by Crippen LogP contribution is -2.33. The second-order valence-corrected chi connectivity index (χ2v) is 4.64. The smallest absolute Gasteiger partial charge is 0.310 e. The van der Waals surface area contributed by atoms with Gasteiger partial charge in [0.2, 0.25) is 0 Å². The molecule has 0 rings (SSSR count). The average Bonchev–Trinajstić information content (AvgIpc) is 2.01. The molecule has 1 N–H and O–H groups in total. The molecule has 3 nitrogen and oxygen atoms in total. The number of hydrogen-bond acceptors (Lipinski definition) is 3. The van der Waals surface area contributed by atoms with Gasteiger partial charge in [-0.05, 0) is 33.7 Å². The minimum Gasteiger partial charge on any atom is -0.460 e. The van der Waals surface area contributed by atoms with E-state index in [0.29, 0.717) is 6.54 Å². The fraction of sp³-hybridized carbons (Fsp3) is 0.909. The first-order chi connectivity index (χ1) is 6.37. The number of nitrogens with one attached hydrogen (secondary N) is 1. The molecule has 0 bridgehead atoms. The quantitative estimate of drug-likeness (QED) is 0.546. The lowest BCUT2D eigenvalue weighted by molar-refractivity contribution is -0.159. The summed E-state index contributed by atoms with van der Waals surface area (Å²) in [6.07, 6.45) is 1.08. The van der Waals surface area contributed by atoms with E-state index in [2.05, 4.69) is 12.2 Å². The van der Waals surface area contributed by atoms with E-state index >= 15 is 0 Å². The second kappa shape index (κ2) is 6.02. The van der Waals surface area contributed by atoms with E-state index in [1.54, 1.807) is 0 Å². The van der Waals surface area contributed by atoms with E-state index in [1.807, 2.05) is 27.7 Å². The van der Waals surface area contributed by atoms with Crippen LogP contribution in [0, 0.1) is 5.92 Å². The number of hydrogen-bond donors (Lipinski definition) is 1. The van der Waals surface area contributed by atoms with Gasteiger partial charge in [-0.25, -0.2) is 0 Å². The summed E-state index contributed by atoms with van der Waals surface area (Å²) in [5.74, 6) is -0.193. The first-order valence-corrected chi connectivity index (χ1v) is 5.30. The molecule has 0 aromatic carbocycles. The molecule has 0 radical (unpaired) electrons. The number of carbonyl (C=O) groups excluding carboxylic acids is 1. The highest BCUT2D eigenvalue weighted by atomic mass is 16.6.